The molecule has 0 aliphatic heterocycles. The van der Waals surface area contributed by atoms with Crippen molar-refractivity contribution in [3.05, 3.63) is 70.0 Å². The predicted octanol–water partition coefficient (Wildman–Crippen LogP) is 3.42. The van der Waals surface area contributed by atoms with Gasteiger partial charge in [0.15, 0.2) is 16.3 Å². The lowest BCUT2D eigenvalue weighted by molar-refractivity contribution is 0.407. The summed E-state index contributed by atoms with van der Waals surface area (Å²) < 4.78 is 7.40. The van der Waals surface area contributed by atoms with Crippen LogP contribution in [0.15, 0.2) is 52.8 Å². The molecule has 7 nitrogen and oxygen atoms in total. The van der Waals surface area contributed by atoms with Crippen molar-refractivity contribution < 1.29 is 4.74 Å². The van der Waals surface area contributed by atoms with Crippen molar-refractivity contribution in [1.82, 2.24) is 24.5 Å². The molecule has 28 heavy (non-hydrogen) atoms. The van der Waals surface area contributed by atoms with Gasteiger partial charge in [-0.3, -0.25) is 14.3 Å². The molecule has 8 heteroatoms. The SMILES string of the molecule is COc1c(C)cnc(CSc2nc3c(=O)[nH]cnc3n2-c2ccccc2)c1C. The van der Waals surface area contributed by atoms with E-state index < -0.39 is 0 Å². The van der Waals surface area contributed by atoms with Crippen molar-refractivity contribution in [3.8, 4) is 11.4 Å². The summed E-state index contributed by atoms with van der Waals surface area (Å²) in [4.78, 5) is 28.3. The van der Waals surface area contributed by atoms with Gasteiger partial charge in [0.2, 0.25) is 0 Å². The van der Waals surface area contributed by atoms with E-state index in [2.05, 4.69) is 19.9 Å². The summed E-state index contributed by atoms with van der Waals surface area (Å²) in [5.41, 5.74) is 4.42. The number of benzene rings is 1. The second kappa shape index (κ2) is 7.47. The molecule has 0 aliphatic rings. The Balaban J connectivity index is 1.78. The molecule has 1 aromatic carbocycles. The maximum Gasteiger partial charge on any atom is 0.278 e. The minimum absolute atomic E-state index is 0.257. The molecule has 3 heterocycles. The van der Waals surface area contributed by atoms with E-state index in [1.54, 1.807) is 7.11 Å². The fraction of sp³-hybridized carbons (Fsp3) is 0.200. The van der Waals surface area contributed by atoms with E-state index >= 15 is 0 Å². The van der Waals surface area contributed by atoms with Crippen LogP contribution >= 0.6 is 11.8 Å². The number of thioether (sulfide) groups is 1. The summed E-state index contributed by atoms with van der Waals surface area (Å²) in [6.07, 6.45) is 3.21. The van der Waals surface area contributed by atoms with Crippen LogP contribution < -0.4 is 10.3 Å². The third kappa shape index (κ3) is 3.16. The smallest absolute Gasteiger partial charge is 0.278 e. The number of imidazole rings is 1. The number of hydrogen-bond acceptors (Lipinski definition) is 6. The van der Waals surface area contributed by atoms with Crippen LogP contribution in [0.4, 0.5) is 0 Å². The van der Waals surface area contributed by atoms with Crippen LogP contribution in [0, 0.1) is 13.8 Å². The number of pyridine rings is 1. The van der Waals surface area contributed by atoms with Gasteiger partial charge in [0.05, 0.1) is 19.1 Å². The maximum absolute atomic E-state index is 12.2. The van der Waals surface area contributed by atoms with E-state index in [4.69, 9.17) is 4.74 Å². The highest BCUT2D eigenvalue weighted by Gasteiger charge is 2.18. The summed E-state index contributed by atoms with van der Waals surface area (Å²) in [6, 6.07) is 9.76. The Morgan fingerprint density at radius 1 is 1.18 bits per heavy atom. The predicted molar refractivity (Wildman–Crippen MR) is 109 cm³/mol. The van der Waals surface area contributed by atoms with E-state index in [9.17, 15) is 4.79 Å². The number of aromatic amines is 1. The molecular weight excluding hydrogens is 374 g/mol. The second-order valence-electron chi connectivity index (χ2n) is 6.30. The van der Waals surface area contributed by atoms with E-state index in [-0.39, 0.29) is 5.56 Å². The van der Waals surface area contributed by atoms with E-state index in [1.807, 2.05) is 54.9 Å². The minimum Gasteiger partial charge on any atom is -0.496 e. The van der Waals surface area contributed by atoms with E-state index in [0.717, 1.165) is 28.3 Å². The largest absolute Gasteiger partial charge is 0.496 e. The van der Waals surface area contributed by atoms with Crippen molar-refractivity contribution >= 4 is 22.9 Å². The number of aromatic nitrogens is 5. The quantitative estimate of drug-likeness (QED) is 0.523. The number of para-hydroxylation sites is 1. The lowest BCUT2D eigenvalue weighted by Gasteiger charge is -2.12. The first kappa shape index (κ1) is 18.2. The highest BCUT2D eigenvalue weighted by Crippen LogP contribution is 2.31. The molecule has 142 valence electrons. The average Bonchev–Trinajstić information content (AvgIpc) is 3.08. The Kier molecular flexibility index (Phi) is 4.87. The fourth-order valence-electron chi connectivity index (χ4n) is 3.14. The molecule has 0 saturated heterocycles. The number of ether oxygens (including phenoxy) is 1. The number of aryl methyl sites for hydroxylation is 1. The van der Waals surface area contributed by atoms with Crippen LogP contribution in [-0.4, -0.2) is 31.6 Å². The van der Waals surface area contributed by atoms with E-state index in [0.29, 0.717) is 22.1 Å². The molecule has 0 bridgehead atoms. The molecule has 0 atom stereocenters. The van der Waals surface area contributed by atoms with Crippen LogP contribution in [0.1, 0.15) is 16.8 Å². The van der Waals surface area contributed by atoms with Crippen LogP contribution in [0.3, 0.4) is 0 Å². The number of H-pyrrole nitrogens is 1. The fourth-order valence-corrected chi connectivity index (χ4v) is 4.17. The Bertz CT molecular complexity index is 1200. The first-order valence-corrected chi connectivity index (χ1v) is 9.72. The van der Waals surface area contributed by atoms with E-state index in [1.165, 1.54) is 18.1 Å². The monoisotopic (exact) mass is 393 g/mol. The number of nitrogens with one attached hydrogen (secondary N) is 1. The number of hydrogen-bond donors (Lipinski definition) is 1. The van der Waals surface area contributed by atoms with Crippen molar-refractivity contribution in [2.75, 3.05) is 7.11 Å². The lowest BCUT2D eigenvalue weighted by atomic mass is 10.1. The normalized spacial score (nSPS) is 11.1. The summed E-state index contributed by atoms with van der Waals surface area (Å²) in [5.74, 6) is 1.44. The Morgan fingerprint density at radius 2 is 1.96 bits per heavy atom. The van der Waals surface area contributed by atoms with Crippen LogP contribution in [0.25, 0.3) is 16.9 Å². The van der Waals surface area contributed by atoms with Gasteiger partial charge in [-0.25, -0.2) is 9.97 Å². The molecule has 4 rings (SSSR count). The molecule has 0 unspecified atom stereocenters. The standard InChI is InChI=1S/C20H19N5O2S/c1-12-9-21-15(13(2)17(12)27-3)10-28-20-24-16-18(22-11-23-19(16)26)25(20)14-7-5-4-6-8-14/h4-9,11H,10H2,1-3H3,(H,22,23,26). The van der Waals surface area contributed by atoms with Crippen LogP contribution in [0.5, 0.6) is 5.75 Å². The molecule has 1 N–H and O–H groups in total. The summed E-state index contributed by atoms with van der Waals surface area (Å²) >= 11 is 1.51. The van der Waals surface area contributed by atoms with Crippen LogP contribution in [-0.2, 0) is 5.75 Å². The third-order valence-corrected chi connectivity index (χ3v) is 5.47. The van der Waals surface area contributed by atoms with Gasteiger partial charge >= 0.3 is 0 Å². The zero-order chi connectivity index (χ0) is 19.7. The molecule has 0 aliphatic carbocycles. The first-order valence-electron chi connectivity index (χ1n) is 8.73. The minimum atomic E-state index is -0.257. The zero-order valence-corrected chi connectivity index (χ0v) is 16.6. The van der Waals surface area contributed by atoms with Crippen molar-refractivity contribution in [1.29, 1.82) is 0 Å². The maximum atomic E-state index is 12.2. The number of fused-ring (bicyclic) bond motifs is 1. The molecule has 4 aromatic rings. The van der Waals surface area contributed by atoms with Gasteiger partial charge in [-0.2, -0.15) is 0 Å². The number of nitrogens with zero attached hydrogens (tertiary/aromatic N) is 4. The molecular formula is C20H19N5O2S. The number of rotatable bonds is 5. The van der Waals surface area contributed by atoms with Crippen molar-refractivity contribution in [3.63, 3.8) is 0 Å². The van der Waals surface area contributed by atoms with Gasteiger partial charge in [-0.15, -0.1) is 0 Å². The van der Waals surface area contributed by atoms with Gasteiger partial charge in [0.1, 0.15) is 5.75 Å². The van der Waals surface area contributed by atoms with Gasteiger partial charge in [0.25, 0.3) is 5.56 Å². The average molecular weight is 393 g/mol. The zero-order valence-electron chi connectivity index (χ0n) is 15.8. The highest BCUT2D eigenvalue weighted by molar-refractivity contribution is 7.98. The highest BCUT2D eigenvalue weighted by atomic mass is 32.2. The Hall–Kier alpha value is -3.13. The molecule has 0 amide bonds. The molecule has 0 fully saturated rings. The third-order valence-electron chi connectivity index (χ3n) is 4.52. The summed E-state index contributed by atoms with van der Waals surface area (Å²) in [7, 11) is 1.67. The van der Waals surface area contributed by atoms with Gasteiger partial charge < -0.3 is 9.72 Å². The van der Waals surface area contributed by atoms with Crippen molar-refractivity contribution in [2.45, 2.75) is 24.8 Å². The summed E-state index contributed by atoms with van der Waals surface area (Å²) in [6.45, 7) is 3.98. The molecule has 0 saturated carbocycles. The first-order chi connectivity index (χ1) is 13.6. The van der Waals surface area contributed by atoms with Gasteiger partial charge in [-0.1, -0.05) is 30.0 Å². The number of methoxy groups -OCH3 is 1. The van der Waals surface area contributed by atoms with Crippen molar-refractivity contribution in [2.24, 2.45) is 0 Å². The van der Waals surface area contributed by atoms with Gasteiger partial charge in [-0.05, 0) is 26.0 Å². The Morgan fingerprint density at radius 3 is 2.71 bits per heavy atom. The lowest BCUT2D eigenvalue weighted by Crippen LogP contribution is -2.07. The van der Waals surface area contributed by atoms with Gasteiger partial charge in [0, 0.05) is 28.8 Å². The Labute approximate surface area is 165 Å². The summed E-state index contributed by atoms with van der Waals surface area (Å²) in [5, 5.41) is 0.686. The topological polar surface area (TPSA) is 85.7 Å². The molecule has 0 radical (unpaired) electrons. The second-order valence-corrected chi connectivity index (χ2v) is 7.25. The molecule has 3 aromatic heterocycles. The molecule has 0 spiro atoms. The van der Waals surface area contributed by atoms with Crippen LogP contribution in [0.2, 0.25) is 0 Å².